The highest BCUT2D eigenvalue weighted by molar-refractivity contribution is 6.07. The fraction of sp³-hybridized carbons (Fsp3) is 0.222. The van der Waals surface area contributed by atoms with Crippen LogP contribution >= 0.6 is 0 Å². The summed E-state index contributed by atoms with van der Waals surface area (Å²) in [6.07, 6.45) is 2.55. The van der Waals surface area contributed by atoms with Crippen molar-refractivity contribution in [3.8, 4) is 0 Å². The Labute approximate surface area is 149 Å². The molecule has 0 fully saturated rings. The zero-order valence-corrected chi connectivity index (χ0v) is 14.4. The van der Waals surface area contributed by atoms with Gasteiger partial charge >= 0.3 is 6.09 Å². The molecule has 0 aliphatic rings. The number of amides is 1. The van der Waals surface area contributed by atoms with E-state index in [0.717, 1.165) is 5.56 Å². The summed E-state index contributed by atoms with van der Waals surface area (Å²) in [5, 5.41) is 2.68. The summed E-state index contributed by atoms with van der Waals surface area (Å²) in [5.74, 6) is -0.401. The third kappa shape index (κ3) is 2.97. The predicted octanol–water partition coefficient (Wildman–Crippen LogP) is 1.61. The molecule has 0 aliphatic heterocycles. The lowest BCUT2D eigenvalue weighted by Crippen LogP contribution is -2.29. The van der Waals surface area contributed by atoms with Gasteiger partial charge in [-0.15, -0.1) is 0 Å². The smallest absolute Gasteiger partial charge is 0.433 e. The van der Waals surface area contributed by atoms with Gasteiger partial charge in [0.05, 0.1) is 29.6 Å². The summed E-state index contributed by atoms with van der Waals surface area (Å²) in [6.45, 7) is 1.96. The van der Waals surface area contributed by atoms with Crippen molar-refractivity contribution < 1.29 is 14.3 Å². The number of aromatic nitrogens is 3. The largest absolute Gasteiger partial charge is 0.448 e. The van der Waals surface area contributed by atoms with Crippen molar-refractivity contribution in [2.45, 2.75) is 13.5 Å². The Hall–Kier alpha value is -3.42. The quantitative estimate of drug-likeness (QED) is 0.768. The van der Waals surface area contributed by atoms with Crippen LogP contribution in [0.4, 0.5) is 4.79 Å². The van der Waals surface area contributed by atoms with Crippen LogP contribution in [0.3, 0.4) is 0 Å². The van der Waals surface area contributed by atoms with Gasteiger partial charge < -0.3 is 10.1 Å². The molecule has 1 N–H and O–H groups in total. The number of rotatable bonds is 4. The highest BCUT2D eigenvalue weighted by Crippen LogP contribution is 2.18. The van der Waals surface area contributed by atoms with Crippen molar-refractivity contribution in [1.29, 1.82) is 0 Å². The first kappa shape index (κ1) is 17.4. The van der Waals surface area contributed by atoms with Gasteiger partial charge in [0.15, 0.2) is 0 Å². The van der Waals surface area contributed by atoms with Gasteiger partial charge in [-0.05, 0) is 30.7 Å². The number of carbonyl (C=O) groups excluding carboxylic acids is 2. The zero-order chi connectivity index (χ0) is 18.7. The molecule has 0 aliphatic carbocycles. The fourth-order valence-electron chi connectivity index (χ4n) is 2.80. The van der Waals surface area contributed by atoms with Crippen LogP contribution in [-0.4, -0.2) is 40.0 Å². The Bertz CT molecular complexity index is 1020. The van der Waals surface area contributed by atoms with Crippen molar-refractivity contribution in [2.75, 3.05) is 13.7 Å². The van der Waals surface area contributed by atoms with Crippen LogP contribution < -0.4 is 10.9 Å². The molecular formula is C18H18N4O4. The minimum atomic E-state index is -0.683. The van der Waals surface area contributed by atoms with Crippen LogP contribution in [0.5, 0.6) is 0 Å². The van der Waals surface area contributed by atoms with E-state index in [2.05, 4.69) is 10.3 Å². The molecule has 134 valence electrons. The number of ether oxygens (including phenoxy) is 1. The molecule has 8 heteroatoms. The van der Waals surface area contributed by atoms with E-state index in [1.807, 2.05) is 0 Å². The average molecular weight is 354 g/mol. The maximum absolute atomic E-state index is 13.0. The van der Waals surface area contributed by atoms with Crippen molar-refractivity contribution >= 4 is 22.9 Å². The molecule has 0 bridgehead atoms. The standard InChI is InChI=1S/C18H18N4O4/c1-3-26-18(25)22-14-8-4-7-13(16(23)19-2)15(14)17(24)21(22)11-12-6-5-9-20-10-12/h4-10H,3,11H2,1-2H3,(H,19,23). The lowest BCUT2D eigenvalue weighted by molar-refractivity contribution is 0.0964. The first-order chi connectivity index (χ1) is 12.6. The van der Waals surface area contributed by atoms with Crippen LogP contribution in [-0.2, 0) is 11.3 Å². The van der Waals surface area contributed by atoms with Crippen LogP contribution in [0.15, 0.2) is 47.5 Å². The maximum atomic E-state index is 13.0. The van der Waals surface area contributed by atoms with Crippen LogP contribution in [0.2, 0.25) is 0 Å². The zero-order valence-electron chi connectivity index (χ0n) is 14.4. The number of hydrogen-bond donors (Lipinski definition) is 1. The highest BCUT2D eigenvalue weighted by Gasteiger charge is 2.23. The second-order valence-electron chi connectivity index (χ2n) is 5.51. The number of fused-ring (bicyclic) bond motifs is 1. The van der Waals surface area contributed by atoms with Crippen molar-refractivity contribution in [3.63, 3.8) is 0 Å². The molecule has 0 unspecified atom stereocenters. The number of benzene rings is 1. The van der Waals surface area contributed by atoms with Crippen molar-refractivity contribution in [2.24, 2.45) is 0 Å². The molecule has 1 aromatic carbocycles. The Morgan fingerprint density at radius 1 is 1.23 bits per heavy atom. The predicted molar refractivity (Wildman–Crippen MR) is 95.3 cm³/mol. The van der Waals surface area contributed by atoms with Gasteiger partial charge in [0.25, 0.3) is 11.5 Å². The van der Waals surface area contributed by atoms with Crippen molar-refractivity contribution in [3.05, 3.63) is 64.2 Å². The highest BCUT2D eigenvalue weighted by atomic mass is 16.6. The van der Waals surface area contributed by atoms with Gasteiger partial charge in [0.1, 0.15) is 0 Å². The van der Waals surface area contributed by atoms with Gasteiger partial charge in [0.2, 0.25) is 0 Å². The number of nitrogens with zero attached hydrogens (tertiary/aromatic N) is 3. The molecule has 26 heavy (non-hydrogen) atoms. The molecule has 0 saturated heterocycles. The summed E-state index contributed by atoms with van der Waals surface area (Å²) < 4.78 is 7.53. The van der Waals surface area contributed by atoms with E-state index in [4.69, 9.17) is 4.74 Å². The summed E-state index contributed by atoms with van der Waals surface area (Å²) in [5.41, 5.74) is 0.817. The monoisotopic (exact) mass is 354 g/mol. The topological polar surface area (TPSA) is 95.2 Å². The van der Waals surface area contributed by atoms with E-state index in [-0.39, 0.29) is 24.1 Å². The molecule has 0 radical (unpaired) electrons. The Kier molecular flexibility index (Phi) is 4.83. The lowest BCUT2D eigenvalue weighted by Gasteiger charge is -2.11. The first-order valence-electron chi connectivity index (χ1n) is 8.11. The molecule has 2 heterocycles. The molecule has 3 rings (SSSR count). The number of pyridine rings is 1. The summed E-state index contributed by atoms with van der Waals surface area (Å²) in [6, 6.07) is 8.32. The van der Waals surface area contributed by atoms with E-state index < -0.39 is 17.6 Å². The van der Waals surface area contributed by atoms with E-state index in [9.17, 15) is 14.4 Å². The third-order valence-electron chi connectivity index (χ3n) is 3.93. The maximum Gasteiger partial charge on any atom is 0.433 e. The molecule has 2 aromatic heterocycles. The summed E-state index contributed by atoms with van der Waals surface area (Å²) in [4.78, 5) is 41.7. The molecule has 0 spiro atoms. The molecule has 8 nitrogen and oxygen atoms in total. The second-order valence-corrected chi connectivity index (χ2v) is 5.51. The van der Waals surface area contributed by atoms with Crippen LogP contribution in [0.1, 0.15) is 22.8 Å². The minimum Gasteiger partial charge on any atom is -0.448 e. The summed E-state index contributed by atoms with van der Waals surface area (Å²) >= 11 is 0. The van der Waals surface area contributed by atoms with Gasteiger partial charge in [-0.1, -0.05) is 12.1 Å². The lowest BCUT2D eigenvalue weighted by atomic mass is 10.1. The fourth-order valence-corrected chi connectivity index (χ4v) is 2.80. The Morgan fingerprint density at radius 3 is 2.69 bits per heavy atom. The van der Waals surface area contributed by atoms with E-state index >= 15 is 0 Å². The normalized spacial score (nSPS) is 10.7. The van der Waals surface area contributed by atoms with Gasteiger partial charge in [0, 0.05) is 19.4 Å². The van der Waals surface area contributed by atoms with Gasteiger partial charge in [-0.2, -0.15) is 4.68 Å². The third-order valence-corrected chi connectivity index (χ3v) is 3.93. The molecule has 3 aromatic rings. The number of nitrogens with one attached hydrogen (secondary N) is 1. The number of hydrogen-bond acceptors (Lipinski definition) is 5. The second kappa shape index (κ2) is 7.22. The van der Waals surface area contributed by atoms with Crippen LogP contribution in [0.25, 0.3) is 10.9 Å². The Balaban J connectivity index is 2.29. The van der Waals surface area contributed by atoms with Gasteiger partial charge in [-0.3, -0.25) is 14.6 Å². The summed E-state index contributed by atoms with van der Waals surface area (Å²) in [7, 11) is 1.48. The minimum absolute atomic E-state index is 0.118. The van der Waals surface area contributed by atoms with E-state index in [1.165, 1.54) is 16.4 Å². The molecule has 0 saturated carbocycles. The molecule has 0 atom stereocenters. The number of carbonyl (C=O) groups is 2. The Morgan fingerprint density at radius 2 is 2.04 bits per heavy atom. The van der Waals surface area contributed by atoms with E-state index in [1.54, 1.807) is 49.6 Å². The SMILES string of the molecule is CCOC(=O)n1c2cccc(C(=O)NC)c2c(=O)n1Cc1cccnc1. The van der Waals surface area contributed by atoms with Crippen molar-refractivity contribution in [1.82, 2.24) is 19.7 Å². The van der Waals surface area contributed by atoms with E-state index in [0.29, 0.717) is 5.52 Å². The molecular weight excluding hydrogens is 336 g/mol. The average Bonchev–Trinajstić information content (AvgIpc) is 2.94. The van der Waals surface area contributed by atoms with Gasteiger partial charge in [-0.25, -0.2) is 9.48 Å². The first-order valence-corrected chi connectivity index (χ1v) is 8.11. The molecule has 1 amide bonds. The van der Waals surface area contributed by atoms with Crippen LogP contribution in [0, 0.1) is 0 Å².